The summed E-state index contributed by atoms with van der Waals surface area (Å²) in [5.41, 5.74) is 0.804. The van der Waals surface area contributed by atoms with Crippen LogP contribution in [0.2, 0.25) is 0 Å². The molecule has 1 saturated heterocycles. The van der Waals surface area contributed by atoms with Gasteiger partial charge in [-0.1, -0.05) is 12.1 Å². The van der Waals surface area contributed by atoms with Crippen LogP contribution >= 0.6 is 0 Å². The summed E-state index contributed by atoms with van der Waals surface area (Å²) in [6.45, 7) is 5.96. The Balaban J connectivity index is 1.40. The molecule has 28 heavy (non-hydrogen) atoms. The third-order valence-corrected chi connectivity index (χ3v) is 5.51. The molecule has 9 heteroatoms. The second kappa shape index (κ2) is 7.57. The molecule has 0 spiro atoms. The van der Waals surface area contributed by atoms with Crippen LogP contribution in [0.15, 0.2) is 23.0 Å². The Morgan fingerprint density at radius 3 is 2.71 bits per heavy atom. The van der Waals surface area contributed by atoms with Gasteiger partial charge in [0.25, 0.3) is 5.91 Å². The molecule has 1 aliphatic rings. The smallest absolute Gasteiger partial charge is 0.292 e. The first-order valence-corrected chi connectivity index (χ1v) is 9.67. The van der Waals surface area contributed by atoms with E-state index in [9.17, 15) is 4.79 Å². The number of nitrogens with zero attached hydrogens (tertiary/aromatic N) is 7. The summed E-state index contributed by atoms with van der Waals surface area (Å²) >= 11 is 0. The van der Waals surface area contributed by atoms with Crippen molar-refractivity contribution in [1.82, 2.24) is 34.4 Å². The first-order chi connectivity index (χ1) is 13.6. The normalized spacial score (nSPS) is 15.3. The summed E-state index contributed by atoms with van der Waals surface area (Å²) in [5.74, 6) is 3.37. The Kier molecular flexibility index (Phi) is 4.97. The maximum Gasteiger partial charge on any atom is 0.292 e. The lowest BCUT2D eigenvalue weighted by Crippen LogP contribution is -2.38. The number of amides is 1. The second-order valence-corrected chi connectivity index (χ2v) is 7.24. The largest absolute Gasteiger partial charge is 0.351 e. The van der Waals surface area contributed by atoms with Crippen LogP contribution in [0.5, 0.6) is 0 Å². The molecule has 3 aromatic rings. The van der Waals surface area contributed by atoms with Gasteiger partial charge in [-0.3, -0.25) is 4.79 Å². The van der Waals surface area contributed by atoms with E-state index in [1.807, 2.05) is 32.0 Å². The molecule has 0 aliphatic carbocycles. The van der Waals surface area contributed by atoms with Crippen LogP contribution in [0.3, 0.4) is 0 Å². The molecular weight excluding hydrogens is 358 g/mol. The lowest BCUT2D eigenvalue weighted by atomic mass is 9.95. The Hall–Kier alpha value is -2.97. The summed E-state index contributed by atoms with van der Waals surface area (Å²) in [4.78, 5) is 18.7. The molecule has 4 rings (SSSR count). The predicted octanol–water partition coefficient (Wildman–Crippen LogP) is 1.94. The van der Waals surface area contributed by atoms with Crippen molar-refractivity contribution in [3.63, 3.8) is 0 Å². The van der Waals surface area contributed by atoms with Crippen LogP contribution in [0.1, 0.15) is 59.4 Å². The van der Waals surface area contributed by atoms with Crippen molar-refractivity contribution in [2.75, 3.05) is 13.1 Å². The molecule has 9 nitrogen and oxygen atoms in total. The van der Waals surface area contributed by atoms with Crippen molar-refractivity contribution in [2.45, 2.75) is 45.6 Å². The van der Waals surface area contributed by atoms with Crippen LogP contribution in [0.25, 0.3) is 0 Å². The third kappa shape index (κ3) is 3.44. The number of imidazole rings is 1. The van der Waals surface area contributed by atoms with E-state index in [1.165, 1.54) is 0 Å². The highest BCUT2D eigenvalue weighted by Crippen LogP contribution is 2.28. The Labute approximate surface area is 163 Å². The molecule has 0 unspecified atom stereocenters. The van der Waals surface area contributed by atoms with Crippen molar-refractivity contribution in [3.05, 3.63) is 47.4 Å². The average molecular weight is 383 g/mol. The van der Waals surface area contributed by atoms with Gasteiger partial charge in [0.15, 0.2) is 5.82 Å². The number of carbonyl (C=O) groups excluding carboxylic acids is 1. The van der Waals surface area contributed by atoms with E-state index in [0.29, 0.717) is 31.3 Å². The maximum absolute atomic E-state index is 12.6. The van der Waals surface area contributed by atoms with Crippen molar-refractivity contribution in [1.29, 1.82) is 0 Å². The SMILES string of the molecule is CCc1cc(C(=O)N2CCC(c3nnc(Cn4ccnc4C)n3C)CC2)on1. The van der Waals surface area contributed by atoms with E-state index in [4.69, 9.17) is 4.52 Å². The molecule has 0 atom stereocenters. The van der Waals surface area contributed by atoms with Gasteiger partial charge in [-0.15, -0.1) is 10.2 Å². The molecule has 3 aromatic heterocycles. The van der Waals surface area contributed by atoms with Gasteiger partial charge in [0, 0.05) is 44.5 Å². The molecule has 0 saturated carbocycles. The Bertz CT molecular complexity index is 963. The fraction of sp³-hybridized carbons (Fsp3) is 0.526. The zero-order chi connectivity index (χ0) is 19.7. The Morgan fingerprint density at radius 2 is 2.07 bits per heavy atom. The first kappa shape index (κ1) is 18.4. The van der Waals surface area contributed by atoms with Gasteiger partial charge >= 0.3 is 0 Å². The molecular formula is C19H25N7O2. The highest BCUT2D eigenvalue weighted by atomic mass is 16.5. The number of likely N-dealkylation sites (tertiary alicyclic amines) is 1. The van der Waals surface area contributed by atoms with Crippen molar-refractivity contribution in [3.8, 4) is 0 Å². The minimum atomic E-state index is -0.0834. The number of rotatable bonds is 5. The fourth-order valence-electron chi connectivity index (χ4n) is 3.67. The van der Waals surface area contributed by atoms with Gasteiger partial charge in [-0.05, 0) is 26.2 Å². The lowest BCUT2D eigenvalue weighted by molar-refractivity contribution is 0.0668. The van der Waals surface area contributed by atoms with Crippen LogP contribution in [0.4, 0.5) is 0 Å². The lowest BCUT2D eigenvalue weighted by Gasteiger charge is -2.30. The van der Waals surface area contributed by atoms with Gasteiger partial charge in [0.05, 0.1) is 12.2 Å². The molecule has 1 aliphatic heterocycles. The predicted molar refractivity (Wildman–Crippen MR) is 101 cm³/mol. The van der Waals surface area contributed by atoms with Gasteiger partial charge < -0.3 is 18.6 Å². The number of aryl methyl sites for hydroxylation is 2. The minimum absolute atomic E-state index is 0.0834. The number of hydrogen-bond acceptors (Lipinski definition) is 6. The number of piperidine rings is 1. The van der Waals surface area contributed by atoms with E-state index in [1.54, 1.807) is 12.3 Å². The van der Waals surface area contributed by atoms with E-state index < -0.39 is 0 Å². The number of carbonyl (C=O) groups is 1. The van der Waals surface area contributed by atoms with Crippen LogP contribution in [-0.2, 0) is 20.0 Å². The standard InChI is InChI=1S/C19H25N7O2/c1-4-15-11-16(28-23-15)19(27)25-8-5-14(6-9-25)18-22-21-17(24(18)3)12-26-10-7-20-13(26)2/h7,10-11,14H,4-6,8-9,12H2,1-3H3. The molecule has 0 aromatic carbocycles. The van der Waals surface area contributed by atoms with Gasteiger partial charge in [0.2, 0.25) is 5.76 Å². The summed E-state index contributed by atoms with van der Waals surface area (Å²) in [5, 5.41) is 12.7. The van der Waals surface area contributed by atoms with E-state index in [2.05, 4.69) is 29.5 Å². The van der Waals surface area contributed by atoms with Crippen LogP contribution < -0.4 is 0 Å². The zero-order valence-electron chi connectivity index (χ0n) is 16.5. The summed E-state index contributed by atoms with van der Waals surface area (Å²) in [6.07, 6.45) is 6.21. The van der Waals surface area contributed by atoms with Crippen LogP contribution in [-0.4, -0.2) is 53.4 Å². The van der Waals surface area contributed by atoms with Crippen molar-refractivity contribution in [2.24, 2.45) is 7.05 Å². The topological polar surface area (TPSA) is 94.9 Å². The number of aromatic nitrogens is 6. The molecule has 1 fully saturated rings. The van der Waals surface area contributed by atoms with Crippen LogP contribution in [0, 0.1) is 6.92 Å². The number of hydrogen-bond donors (Lipinski definition) is 0. The molecule has 0 N–H and O–H groups in total. The van der Waals surface area contributed by atoms with Crippen molar-refractivity contribution >= 4 is 5.91 Å². The molecule has 1 amide bonds. The second-order valence-electron chi connectivity index (χ2n) is 7.24. The highest BCUT2D eigenvalue weighted by molar-refractivity contribution is 5.91. The average Bonchev–Trinajstić information content (AvgIpc) is 3.43. The fourth-order valence-corrected chi connectivity index (χ4v) is 3.67. The van der Waals surface area contributed by atoms with Crippen molar-refractivity contribution < 1.29 is 9.32 Å². The summed E-state index contributed by atoms with van der Waals surface area (Å²) < 4.78 is 9.32. The Morgan fingerprint density at radius 1 is 1.29 bits per heavy atom. The van der Waals surface area contributed by atoms with Gasteiger partial charge in [-0.2, -0.15) is 0 Å². The molecule has 4 heterocycles. The van der Waals surface area contributed by atoms with Gasteiger partial charge in [-0.25, -0.2) is 4.98 Å². The summed E-state index contributed by atoms with van der Waals surface area (Å²) in [6, 6.07) is 1.74. The molecule has 0 radical (unpaired) electrons. The van der Waals surface area contributed by atoms with E-state index >= 15 is 0 Å². The van der Waals surface area contributed by atoms with E-state index in [0.717, 1.165) is 42.4 Å². The quantitative estimate of drug-likeness (QED) is 0.668. The highest BCUT2D eigenvalue weighted by Gasteiger charge is 2.29. The minimum Gasteiger partial charge on any atom is -0.351 e. The summed E-state index contributed by atoms with van der Waals surface area (Å²) in [7, 11) is 2.01. The molecule has 148 valence electrons. The van der Waals surface area contributed by atoms with E-state index in [-0.39, 0.29) is 5.91 Å². The molecule has 0 bridgehead atoms. The zero-order valence-corrected chi connectivity index (χ0v) is 16.5. The monoisotopic (exact) mass is 383 g/mol. The van der Waals surface area contributed by atoms with Gasteiger partial charge in [0.1, 0.15) is 11.6 Å². The first-order valence-electron chi connectivity index (χ1n) is 9.67. The maximum atomic E-state index is 12.6. The third-order valence-electron chi connectivity index (χ3n) is 5.51.